The fourth-order valence-corrected chi connectivity index (χ4v) is 5.21. The molecule has 40 heavy (non-hydrogen) atoms. The molecule has 0 spiro atoms. The summed E-state index contributed by atoms with van der Waals surface area (Å²) in [5.74, 6) is -0.297. The molecule has 0 fully saturated rings. The number of nitrogens with one attached hydrogen (secondary N) is 1. The van der Waals surface area contributed by atoms with Crippen LogP contribution in [0.15, 0.2) is 91.0 Å². The smallest absolute Gasteiger partial charge is 0.252 e. The molecule has 2 N–H and O–H groups in total. The van der Waals surface area contributed by atoms with E-state index in [-0.39, 0.29) is 11.6 Å². The van der Waals surface area contributed by atoms with E-state index in [9.17, 15) is 19.1 Å². The van der Waals surface area contributed by atoms with Crippen molar-refractivity contribution in [3.05, 3.63) is 125 Å². The average molecular weight is 538 g/mol. The first-order valence-corrected chi connectivity index (χ1v) is 13.4. The molecule has 0 saturated carbocycles. The highest BCUT2D eigenvalue weighted by Gasteiger charge is 2.45. The quantitative estimate of drug-likeness (QED) is 0.265. The molecule has 2 unspecified atom stereocenters. The molecule has 4 aromatic carbocycles. The van der Waals surface area contributed by atoms with Gasteiger partial charge in [-0.3, -0.25) is 9.59 Å². The number of ketones is 1. The van der Waals surface area contributed by atoms with Crippen LogP contribution in [0.5, 0.6) is 5.75 Å². The lowest BCUT2D eigenvalue weighted by Crippen LogP contribution is -2.53. The lowest BCUT2D eigenvalue weighted by molar-refractivity contribution is -0.0633. The SMILES string of the molecule is CC(=O)c1cc(CCc2ccccc2)c2c(c1)C(NC(=O)c1ccccc1-c1ccc(F)cc1)C(O)C(C)(C)O2. The zero-order chi connectivity index (χ0) is 28.4. The second-order valence-corrected chi connectivity index (χ2v) is 10.7. The van der Waals surface area contributed by atoms with E-state index in [1.807, 2.05) is 30.3 Å². The number of aliphatic hydroxyl groups excluding tert-OH is 1. The molecule has 2 atom stereocenters. The highest BCUT2D eigenvalue weighted by molar-refractivity contribution is 6.01. The number of benzene rings is 4. The Morgan fingerprint density at radius 3 is 2.30 bits per heavy atom. The number of fused-ring (bicyclic) bond motifs is 1. The minimum Gasteiger partial charge on any atom is -0.484 e. The Bertz CT molecular complexity index is 1550. The van der Waals surface area contributed by atoms with Gasteiger partial charge < -0.3 is 15.2 Å². The summed E-state index contributed by atoms with van der Waals surface area (Å²) in [7, 11) is 0. The predicted octanol–water partition coefficient (Wildman–Crippen LogP) is 6.48. The Morgan fingerprint density at radius 2 is 1.60 bits per heavy atom. The van der Waals surface area contributed by atoms with Gasteiger partial charge in [0, 0.05) is 16.7 Å². The average Bonchev–Trinajstić information content (AvgIpc) is 2.95. The Morgan fingerprint density at radius 1 is 0.925 bits per heavy atom. The molecule has 0 aromatic heterocycles. The fourth-order valence-electron chi connectivity index (χ4n) is 5.21. The molecular formula is C34H32FNO4. The maximum absolute atomic E-state index is 13.8. The third kappa shape index (κ3) is 5.54. The van der Waals surface area contributed by atoms with Crippen LogP contribution >= 0.6 is 0 Å². The molecule has 1 aliphatic rings. The Balaban J connectivity index is 1.54. The van der Waals surface area contributed by atoms with Crippen molar-refractivity contribution in [3.63, 3.8) is 0 Å². The summed E-state index contributed by atoms with van der Waals surface area (Å²) in [5, 5.41) is 14.4. The van der Waals surface area contributed by atoms with Crippen molar-refractivity contribution < 1.29 is 23.8 Å². The largest absolute Gasteiger partial charge is 0.484 e. The van der Waals surface area contributed by atoms with Gasteiger partial charge in [0.2, 0.25) is 0 Å². The van der Waals surface area contributed by atoms with Crippen LogP contribution in [-0.4, -0.2) is 28.5 Å². The molecule has 1 aliphatic heterocycles. The Kier molecular flexibility index (Phi) is 7.55. The van der Waals surface area contributed by atoms with Crippen LogP contribution in [0.2, 0.25) is 0 Å². The van der Waals surface area contributed by atoms with E-state index < -0.39 is 23.7 Å². The molecule has 204 valence electrons. The first-order valence-electron chi connectivity index (χ1n) is 13.4. The van der Waals surface area contributed by atoms with Gasteiger partial charge in [-0.15, -0.1) is 0 Å². The molecule has 0 radical (unpaired) electrons. The van der Waals surface area contributed by atoms with E-state index in [0.29, 0.717) is 40.0 Å². The van der Waals surface area contributed by atoms with Gasteiger partial charge in [-0.2, -0.15) is 0 Å². The van der Waals surface area contributed by atoms with E-state index in [1.54, 1.807) is 50.2 Å². The van der Waals surface area contributed by atoms with Gasteiger partial charge >= 0.3 is 0 Å². The summed E-state index contributed by atoms with van der Waals surface area (Å²) in [6.45, 7) is 5.07. The molecule has 5 rings (SSSR count). The summed E-state index contributed by atoms with van der Waals surface area (Å²) in [5.41, 5.74) is 3.77. The molecule has 0 aliphatic carbocycles. The van der Waals surface area contributed by atoms with Gasteiger partial charge in [-0.25, -0.2) is 4.39 Å². The Labute approximate surface area is 233 Å². The maximum atomic E-state index is 13.8. The van der Waals surface area contributed by atoms with Crippen molar-refractivity contribution in [1.82, 2.24) is 5.32 Å². The minimum absolute atomic E-state index is 0.116. The summed E-state index contributed by atoms with van der Waals surface area (Å²) in [4.78, 5) is 26.3. The number of aryl methyl sites for hydroxylation is 2. The van der Waals surface area contributed by atoms with E-state index in [0.717, 1.165) is 17.5 Å². The van der Waals surface area contributed by atoms with Crippen LogP contribution in [0.25, 0.3) is 11.1 Å². The summed E-state index contributed by atoms with van der Waals surface area (Å²) in [6.07, 6.45) is 0.266. The molecule has 4 aromatic rings. The predicted molar refractivity (Wildman–Crippen MR) is 153 cm³/mol. The number of carbonyl (C=O) groups is 2. The first kappa shape index (κ1) is 27.3. The number of aliphatic hydroxyl groups is 1. The topological polar surface area (TPSA) is 75.6 Å². The fraction of sp³-hybridized carbons (Fsp3) is 0.235. The van der Waals surface area contributed by atoms with Crippen LogP contribution in [0.4, 0.5) is 4.39 Å². The first-order chi connectivity index (χ1) is 19.1. The van der Waals surface area contributed by atoms with Gasteiger partial charge in [0.05, 0.1) is 6.04 Å². The van der Waals surface area contributed by atoms with Gasteiger partial charge in [0.15, 0.2) is 5.78 Å². The summed E-state index contributed by atoms with van der Waals surface area (Å²) in [6, 6.07) is 25.8. The third-order valence-electron chi connectivity index (χ3n) is 7.47. The van der Waals surface area contributed by atoms with Crippen molar-refractivity contribution in [1.29, 1.82) is 0 Å². The number of Topliss-reactive ketones (excluding diaryl/α,β-unsaturated/α-hetero) is 1. The van der Waals surface area contributed by atoms with E-state index in [2.05, 4.69) is 17.4 Å². The van der Waals surface area contributed by atoms with Crippen LogP contribution in [0.1, 0.15) is 64.2 Å². The van der Waals surface area contributed by atoms with Gasteiger partial charge in [0.1, 0.15) is 23.3 Å². The lowest BCUT2D eigenvalue weighted by atomic mass is 9.83. The molecule has 0 saturated heterocycles. The molecular weight excluding hydrogens is 505 g/mol. The molecule has 5 nitrogen and oxygen atoms in total. The van der Waals surface area contributed by atoms with Crippen LogP contribution < -0.4 is 10.1 Å². The monoisotopic (exact) mass is 537 g/mol. The van der Waals surface area contributed by atoms with Crippen molar-refractivity contribution in [2.24, 2.45) is 0 Å². The second-order valence-electron chi connectivity index (χ2n) is 10.7. The number of rotatable bonds is 7. The van der Waals surface area contributed by atoms with E-state index >= 15 is 0 Å². The molecule has 1 heterocycles. The molecule has 0 bridgehead atoms. The summed E-state index contributed by atoms with van der Waals surface area (Å²) >= 11 is 0. The van der Waals surface area contributed by atoms with E-state index in [4.69, 9.17) is 4.74 Å². The number of ether oxygens (including phenoxy) is 1. The van der Waals surface area contributed by atoms with Gasteiger partial charge in [0.25, 0.3) is 5.91 Å². The number of hydrogen-bond acceptors (Lipinski definition) is 4. The third-order valence-corrected chi connectivity index (χ3v) is 7.47. The Hall–Kier alpha value is -4.29. The number of hydrogen-bond donors (Lipinski definition) is 2. The number of halogens is 1. The number of carbonyl (C=O) groups excluding carboxylic acids is 2. The zero-order valence-corrected chi connectivity index (χ0v) is 22.8. The standard InChI is InChI=1S/C34H32FNO4/c1-21(37)25-19-24(14-13-22-9-5-4-6-10-22)31-29(20-25)30(32(38)34(2,3)40-31)36-33(39)28-12-8-7-11-27(28)23-15-17-26(35)18-16-23/h4-12,15-20,30,32,38H,13-14H2,1-3H3,(H,36,39). The number of amides is 1. The minimum atomic E-state index is -1.09. The molecule has 6 heteroatoms. The van der Waals surface area contributed by atoms with Crippen molar-refractivity contribution in [3.8, 4) is 16.9 Å². The highest BCUT2D eigenvalue weighted by Crippen LogP contribution is 2.43. The van der Waals surface area contributed by atoms with Crippen molar-refractivity contribution >= 4 is 11.7 Å². The zero-order valence-electron chi connectivity index (χ0n) is 22.8. The van der Waals surface area contributed by atoms with E-state index in [1.165, 1.54) is 19.1 Å². The lowest BCUT2D eigenvalue weighted by Gasteiger charge is -2.43. The second kappa shape index (κ2) is 11.1. The van der Waals surface area contributed by atoms with Crippen LogP contribution in [-0.2, 0) is 12.8 Å². The van der Waals surface area contributed by atoms with Crippen molar-refractivity contribution in [2.45, 2.75) is 51.4 Å². The van der Waals surface area contributed by atoms with Gasteiger partial charge in [-0.1, -0.05) is 60.7 Å². The maximum Gasteiger partial charge on any atom is 0.252 e. The summed E-state index contributed by atoms with van der Waals surface area (Å²) < 4.78 is 19.9. The normalized spacial score (nSPS) is 17.4. The van der Waals surface area contributed by atoms with Crippen molar-refractivity contribution in [2.75, 3.05) is 0 Å². The highest BCUT2D eigenvalue weighted by atomic mass is 19.1. The van der Waals surface area contributed by atoms with Crippen LogP contribution in [0.3, 0.4) is 0 Å². The van der Waals surface area contributed by atoms with Gasteiger partial charge in [-0.05, 0) is 86.2 Å². The molecule has 1 amide bonds. The van der Waals surface area contributed by atoms with Crippen LogP contribution in [0, 0.1) is 5.82 Å².